The average molecular weight is 420 g/mol. The van der Waals surface area contributed by atoms with Crippen LogP contribution in [0.1, 0.15) is 22.3 Å². The molecule has 0 aromatic heterocycles. The molecule has 0 heterocycles. The standard InChI is InChI=1S/C8H9NO.C5H5.C2H6Si.2ClH.Zr/c1-6-3-2-4-7(5-6)8(9)10;1-2-4-5-3-1;1-3-2;;;/h2-5H,1H3,(H2,9,10);1-3H,4H2;1-2H3;2*1H;/q;-1;;;;+4/p-3. The van der Waals surface area contributed by atoms with Crippen molar-refractivity contribution < 1.29 is 55.8 Å². The van der Waals surface area contributed by atoms with E-state index in [-0.39, 0.29) is 51.0 Å². The number of aryl methyl sites for hydroxylation is 1. The van der Waals surface area contributed by atoms with E-state index in [2.05, 4.69) is 25.2 Å². The molecule has 0 aliphatic heterocycles. The third-order valence-corrected chi connectivity index (χ3v) is 1.87. The Kier molecular flexibility index (Phi) is 27.4. The first-order chi connectivity index (χ1) is 8.61. The number of amides is 1. The van der Waals surface area contributed by atoms with Gasteiger partial charge in [0, 0.05) is 9.52 Å². The first-order valence-electron chi connectivity index (χ1n) is 5.74. The molecule has 1 aliphatic carbocycles. The molecule has 2 nitrogen and oxygen atoms in total. The van der Waals surface area contributed by atoms with Crippen LogP contribution in [0, 0.1) is 13.0 Å². The Balaban J connectivity index is -0.000000113. The van der Waals surface area contributed by atoms with Gasteiger partial charge in [-0.3, -0.25) is 6.08 Å². The average Bonchev–Trinajstić information content (AvgIpc) is 2.88. The Morgan fingerprint density at radius 2 is 1.86 bits per heavy atom. The summed E-state index contributed by atoms with van der Waals surface area (Å²) in [6.07, 6.45) is 10.0. The SMILES string of the molecule is C[Si]C.Cc1cccc(C([NH-])=O)c1.[C-]1=CC=CC1.[Cl-].[Cl-].[Zr+4]. The quantitative estimate of drug-likeness (QED) is 0.395. The summed E-state index contributed by atoms with van der Waals surface area (Å²) in [5.41, 5.74) is 8.25. The molecule has 2 radical (unpaired) electrons. The second-order valence-corrected chi connectivity index (χ2v) is 4.70. The molecule has 0 fully saturated rings. The van der Waals surface area contributed by atoms with Gasteiger partial charge in [0.2, 0.25) is 0 Å². The molecule has 0 atom stereocenters. The monoisotopic (exact) mass is 417 g/mol. The third-order valence-electron chi connectivity index (χ3n) is 1.87. The van der Waals surface area contributed by atoms with Gasteiger partial charge in [0.15, 0.2) is 0 Å². The van der Waals surface area contributed by atoms with Gasteiger partial charge in [-0.2, -0.15) is 6.08 Å². The minimum atomic E-state index is -0.622. The van der Waals surface area contributed by atoms with Gasteiger partial charge in [-0.1, -0.05) is 42.9 Å². The molecule has 1 N–H and O–H groups in total. The van der Waals surface area contributed by atoms with Crippen LogP contribution in [-0.2, 0) is 26.2 Å². The van der Waals surface area contributed by atoms with Crippen molar-refractivity contribution in [2.75, 3.05) is 0 Å². The third kappa shape index (κ3) is 17.8. The van der Waals surface area contributed by atoms with Crippen molar-refractivity contribution in [3.05, 3.63) is 65.4 Å². The predicted octanol–water partition coefficient (Wildman–Crippen LogP) is -1.71. The zero-order valence-electron chi connectivity index (χ0n) is 12.4. The van der Waals surface area contributed by atoms with Gasteiger partial charge in [-0.25, -0.2) is 12.2 Å². The van der Waals surface area contributed by atoms with Crippen molar-refractivity contribution in [3.63, 3.8) is 0 Å². The van der Waals surface area contributed by atoms with E-state index in [4.69, 9.17) is 5.73 Å². The van der Waals surface area contributed by atoms with E-state index in [0.29, 0.717) is 5.56 Å². The fourth-order valence-electron chi connectivity index (χ4n) is 1.13. The van der Waals surface area contributed by atoms with Gasteiger partial charge in [0.25, 0.3) is 0 Å². The predicted molar refractivity (Wildman–Crippen MR) is 78.9 cm³/mol. The van der Waals surface area contributed by atoms with Crippen LogP contribution in [0.3, 0.4) is 0 Å². The molecule has 0 unspecified atom stereocenters. The molecule has 1 aliphatic rings. The van der Waals surface area contributed by atoms with Gasteiger partial charge >= 0.3 is 26.2 Å². The van der Waals surface area contributed by atoms with Crippen molar-refractivity contribution in [3.8, 4) is 0 Å². The summed E-state index contributed by atoms with van der Waals surface area (Å²) in [5.74, 6) is -0.622. The first-order valence-corrected chi connectivity index (χ1v) is 7.74. The van der Waals surface area contributed by atoms with Crippen LogP contribution in [0.5, 0.6) is 0 Å². The first kappa shape index (κ1) is 28.9. The number of hydrogen-bond donors (Lipinski definition) is 0. The largest absolute Gasteiger partial charge is 4.00 e. The normalized spacial score (nSPS) is 9.48. The van der Waals surface area contributed by atoms with Gasteiger partial charge in [0.05, 0.1) is 5.91 Å². The molecule has 0 saturated heterocycles. The van der Waals surface area contributed by atoms with Gasteiger partial charge < -0.3 is 35.3 Å². The summed E-state index contributed by atoms with van der Waals surface area (Å²) in [6.45, 7) is 6.20. The second-order valence-electron chi connectivity index (χ2n) is 3.70. The summed E-state index contributed by atoms with van der Waals surface area (Å²) in [5, 5.41) is 0. The van der Waals surface area contributed by atoms with Crippen molar-refractivity contribution in [2.24, 2.45) is 0 Å². The maximum Gasteiger partial charge on any atom is 4.00 e. The molecule has 0 spiro atoms. The number of rotatable bonds is 1. The smallest absolute Gasteiger partial charge is 1.00 e. The summed E-state index contributed by atoms with van der Waals surface area (Å²) in [4.78, 5) is 10.5. The summed E-state index contributed by atoms with van der Waals surface area (Å²) < 4.78 is 0. The molecule has 1 aromatic carbocycles. The molecule has 0 bridgehead atoms. The maximum atomic E-state index is 10.5. The van der Waals surface area contributed by atoms with E-state index in [1.54, 1.807) is 18.2 Å². The Morgan fingerprint density at radius 3 is 2.10 bits per heavy atom. The molecule has 0 saturated carbocycles. The van der Waals surface area contributed by atoms with Crippen LogP contribution < -0.4 is 24.8 Å². The number of carbonyl (C=O) groups excluding carboxylic acids is 1. The van der Waals surface area contributed by atoms with E-state index in [0.717, 1.165) is 21.5 Å². The van der Waals surface area contributed by atoms with Crippen LogP contribution in [0.2, 0.25) is 13.1 Å². The Labute approximate surface area is 162 Å². The van der Waals surface area contributed by atoms with E-state index in [9.17, 15) is 4.79 Å². The summed E-state index contributed by atoms with van der Waals surface area (Å²) in [7, 11) is 1.08. The molecule has 21 heavy (non-hydrogen) atoms. The van der Waals surface area contributed by atoms with Crippen molar-refractivity contribution in [1.82, 2.24) is 0 Å². The number of carbonyl (C=O) groups is 1. The number of allylic oxidation sites excluding steroid dienone is 4. The van der Waals surface area contributed by atoms with Crippen LogP contribution in [0.4, 0.5) is 0 Å². The Hall–Kier alpha value is -0.150. The molecule has 6 heteroatoms. The number of halogens is 2. The second kappa shape index (κ2) is 19.9. The summed E-state index contributed by atoms with van der Waals surface area (Å²) in [6, 6.07) is 7.02. The van der Waals surface area contributed by atoms with E-state index in [1.165, 1.54) is 0 Å². The van der Waals surface area contributed by atoms with Crippen LogP contribution in [0.25, 0.3) is 5.73 Å². The zero-order valence-corrected chi connectivity index (χ0v) is 17.4. The minimum absolute atomic E-state index is 0. The van der Waals surface area contributed by atoms with Gasteiger partial charge in [-0.05, 0) is 12.5 Å². The van der Waals surface area contributed by atoms with Crippen LogP contribution in [0.15, 0.2) is 42.5 Å². The fourth-order valence-corrected chi connectivity index (χ4v) is 1.13. The Morgan fingerprint density at radius 1 is 1.29 bits per heavy atom. The van der Waals surface area contributed by atoms with E-state index in [1.807, 2.05) is 25.1 Å². The molecule has 1 amide bonds. The minimum Gasteiger partial charge on any atom is -1.00 e. The van der Waals surface area contributed by atoms with Crippen molar-refractivity contribution in [1.29, 1.82) is 0 Å². The molecular formula is C15H19Cl2NOSiZr. The van der Waals surface area contributed by atoms with Gasteiger partial charge in [-0.15, -0.1) is 6.42 Å². The van der Waals surface area contributed by atoms with E-state index >= 15 is 0 Å². The van der Waals surface area contributed by atoms with Crippen LogP contribution in [-0.4, -0.2) is 15.4 Å². The van der Waals surface area contributed by atoms with E-state index < -0.39 is 5.91 Å². The van der Waals surface area contributed by atoms with Gasteiger partial charge in [0.1, 0.15) is 0 Å². The Bertz CT molecular complexity index is 416. The molecular weight excluding hydrogens is 400 g/mol. The maximum absolute atomic E-state index is 10.5. The zero-order chi connectivity index (χ0) is 13.8. The molecule has 112 valence electrons. The van der Waals surface area contributed by atoms with Crippen LogP contribution >= 0.6 is 0 Å². The number of benzene rings is 1. The molecule has 1 aromatic rings. The topological polar surface area (TPSA) is 40.9 Å². The summed E-state index contributed by atoms with van der Waals surface area (Å²) >= 11 is 0. The van der Waals surface area contributed by atoms with Crippen molar-refractivity contribution >= 4 is 15.4 Å². The number of nitrogens with one attached hydrogen (secondary N) is 1. The van der Waals surface area contributed by atoms with Crippen molar-refractivity contribution in [2.45, 2.75) is 26.4 Å². The number of hydrogen-bond acceptors (Lipinski definition) is 1. The fraction of sp³-hybridized carbons (Fsp3) is 0.267. The molecule has 2 rings (SSSR count).